The molecule has 0 aliphatic rings. The Balaban J connectivity index is 0.00000312. The first kappa shape index (κ1) is 21.1. The van der Waals surface area contributed by atoms with Gasteiger partial charge in [-0.3, -0.25) is 4.99 Å². The van der Waals surface area contributed by atoms with Gasteiger partial charge in [-0.25, -0.2) is 4.98 Å². The van der Waals surface area contributed by atoms with Gasteiger partial charge in [0.15, 0.2) is 5.96 Å². The van der Waals surface area contributed by atoms with Crippen molar-refractivity contribution in [3.63, 3.8) is 0 Å². The highest BCUT2D eigenvalue weighted by atomic mass is 127. The highest BCUT2D eigenvalue weighted by molar-refractivity contribution is 14.0. The highest BCUT2D eigenvalue weighted by Gasteiger charge is 2.33. The Morgan fingerprint density at radius 3 is 2.64 bits per heavy atom. The van der Waals surface area contributed by atoms with Gasteiger partial charge in [-0.2, -0.15) is 13.2 Å². The van der Waals surface area contributed by atoms with Gasteiger partial charge in [0.2, 0.25) is 0 Å². The number of furan rings is 1. The molecular formula is C15H19F3IN5O. The molecule has 0 unspecified atom stereocenters. The normalized spacial score (nSPS) is 11.6. The summed E-state index contributed by atoms with van der Waals surface area (Å²) in [5, 5.41) is 8.69. The molecule has 0 bridgehead atoms. The predicted octanol–water partition coefficient (Wildman–Crippen LogP) is 3.09. The molecule has 3 N–H and O–H groups in total. The molecule has 0 aromatic carbocycles. The van der Waals surface area contributed by atoms with E-state index in [9.17, 15) is 13.2 Å². The van der Waals surface area contributed by atoms with Crippen molar-refractivity contribution in [2.24, 2.45) is 4.99 Å². The molecule has 2 aromatic heterocycles. The number of nitrogens with one attached hydrogen (secondary N) is 3. The smallest absolute Gasteiger partial charge is 0.419 e. The Hall–Kier alpha value is -1.98. The number of halogens is 4. The molecule has 2 rings (SSSR count). The molecule has 0 aliphatic heterocycles. The first-order valence-corrected chi connectivity index (χ1v) is 7.23. The average molecular weight is 469 g/mol. The lowest BCUT2D eigenvalue weighted by molar-refractivity contribution is -0.137. The maximum absolute atomic E-state index is 12.8. The van der Waals surface area contributed by atoms with Crippen LogP contribution in [0.25, 0.3) is 0 Å². The molecule has 138 valence electrons. The summed E-state index contributed by atoms with van der Waals surface area (Å²) in [5.74, 6) is 1.08. The van der Waals surface area contributed by atoms with Gasteiger partial charge in [0.05, 0.1) is 18.4 Å². The number of aromatic nitrogens is 1. The summed E-state index contributed by atoms with van der Waals surface area (Å²) in [6, 6.07) is 5.85. The fourth-order valence-corrected chi connectivity index (χ4v) is 1.94. The van der Waals surface area contributed by atoms with E-state index in [1.165, 1.54) is 12.3 Å². The van der Waals surface area contributed by atoms with Gasteiger partial charge >= 0.3 is 6.18 Å². The maximum Gasteiger partial charge on any atom is 0.419 e. The lowest BCUT2D eigenvalue weighted by Crippen LogP contribution is -2.39. The number of hydrogen-bond donors (Lipinski definition) is 3. The van der Waals surface area contributed by atoms with E-state index in [1.807, 2.05) is 6.07 Å². The molecule has 0 saturated carbocycles. The van der Waals surface area contributed by atoms with Crippen LogP contribution in [0.15, 0.2) is 46.1 Å². The molecule has 2 aromatic rings. The van der Waals surface area contributed by atoms with Crippen molar-refractivity contribution in [1.29, 1.82) is 0 Å². The van der Waals surface area contributed by atoms with E-state index in [0.717, 1.165) is 11.8 Å². The van der Waals surface area contributed by atoms with Crippen molar-refractivity contribution in [3.05, 3.63) is 48.0 Å². The van der Waals surface area contributed by atoms with Gasteiger partial charge in [0.1, 0.15) is 11.6 Å². The number of guanidine groups is 1. The summed E-state index contributed by atoms with van der Waals surface area (Å²) < 4.78 is 43.7. The SMILES string of the molecule is CN=C(NCCNc1ncccc1C(F)(F)F)NCc1ccco1.I. The molecule has 0 spiro atoms. The van der Waals surface area contributed by atoms with Crippen LogP contribution < -0.4 is 16.0 Å². The van der Waals surface area contributed by atoms with E-state index in [4.69, 9.17) is 4.42 Å². The van der Waals surface area contributed by atoms with Crippen LogP contribution in [0.4, 0.5) is 19.0 Å². The minimum absolute atomic E-state index is 0. The second-order valence-corrected chi connectivity index (χ2v) is 4.76. The van der Waals surface area contributed by atoms with Gasteiger partial charge in [-0.1, -0.05) is 0 Å². The lowest BCUT2D eigenvalue weighted by atomic mass is 10.2. The van der Waals surface area contributed by atoms with Crippen LogP contribution in [0.5, 0.6) is 0 Å². The molecule has 6 nitrogen and oxygen atoms in total. The summed E-state index contributed by atoms with van der Waals surface area (Å²) in [7, 11) is 1.60. The molecule has 0 amide bonds. The van der Waals surface area contributed by atoms with Gasteiger partial charge < -0.3 is 20.4 Å². The van der Waals surface area contributed by atoms with E-state index >= 15 is 0 Å². The number of pyridine rings is 1. The average Bonchev–Trinajstić information content (AvgIpc) is 3.07. The van der Waals surface area contributed by atoms with Crippen LogP contribution in [0.2, 0.25) is 0 Å². The first-order valence-electron chi connectivity index (χ1n) is 7.23. The topological polar surface area (TPSA) is 74.5 Å². The van der Waals surface area contributed by atoms with Gasteiger partial charge in [0, 0.05) is 26.3 Å². The number of hydrogen-bond acceptors (Lipinski definition) is 4. The van der Waals surface area contributed by atoms with Crippen molar-refractivity contribution in [3.8, 4) is 0 Å². The maximum atomic E-state index is 12.8. The number of aliphatic imine (C=N–C) groups is 1. The van der Waals surface area contributed by atoms with Crippen molar-refractivity contribution in [2.45, 2.75) is 12.7 Å². The lowest BCUT2D eigenvalue weighted by Gasteiger charge is -2.14. The quantitative estimate of drug-likeness (QED) is 0.263. The Morgan fingerprint density at radius 2 is 2.00 bits per heavy atom. The largest absolute Gasteiger partial charge is 0.467 e. The number of rotatable bonds is 6. The van der Waals surface area contributed by atoms with Crippen LogP contribution in [0, 0.1) is 0 Å². The molecule has 25 heavy (non-hydrogen) atoms. The summed E-state index contributed by atoms with van der Waals surface area (Å²) in [6.45, 7) is 1.08. The van der Waals surface area contributed by atoms with E-state index < -0.39 is 11.7 Å². The zero-order valence-corrected chi connectivity index (χ0v) is 15.8. The Bertz CT molecular complexity index is 661. The third kappa shape index (κ3) is 6.80. The van der Waals surface area contributed by atoms with E-state index in [0.29, 0.717) is 19.0 Å². The molecule has 0 aliphatic carbocycles. The number of anilines is 1. The molecule has 10 heteroatoms. The van der Waals surface area contributed by atoms with Crippen molar-refractivity contribution < 1.29 is 17.6 Å². The summed E-state index contributed by atoms with van der Waals surface area (Å²) in [6.07, 6.45) is -1.55. The van der Waals surface area contributed by atoms with E-state index in [1.54, 1.807) is 19.4 Å². The molecule has 2 heterocycles. The van der Waals surface area contributed by atoms with Crippen LogP contribution >= 0.6 is 24.0 Å². The number of alkyl halides is 3. The fraction of sp³-hybridized carbons (Fsp3) is 0.333. The standard InChI is InChI=1S/C15H18F3N5O.HI/c1-19-14(23-10-11-4-3-9-24-11)22-8-7-21-13-12(15(16,17)18)5-2-6-20-13;/h2-6,9H,7-8,10H2,1H3,(H,20,21)(H2,19,22,23);1H. The third-order valence-corrected chi connectivity index (χ3v) is 3.06. The fourth-order valence-electron chi connectivity index (χ4n) is 1.94. The zero-order valence-electron chi connectivity index (χ0n) is 13.4. The second kappa shape index (κ2) is 10.1. The van der Waals surface area contributed by atoms with Crippen LogP contribution in [0.3, 0.4) is 0 Å². The van der Waals surface area contributed by atoms with Crippen LogP contribution in [-0.4, -0.2) is 31.1 Å². The summed E-state index contributed by atoms with van der Waals surface area (Å²) in [5.41, 5.74) is -0.787. The van der Waals surface area contributed by atoms with Crippen LogP contribution in [0.1, 0.15) is 11.3 Å². The molecule has 0 atom stereocenters. The first-order chi connectivity index (χ1) is 11.5. The zero-order chi connectivity index (χ0) is 17.4. The molecular weight excluding hydrogens is 450 g/mol. The molecule has 0 fully saturated rings. The monoisotopic (exact) mass is 469 g/mol. The van der Waals surface area contributed by atoms with Crippen LogP contribution in [-0.2, 0) is 12.7 Å². The van der Waals surface area contributed by atoms with Gasteiger partial charge in [0.25, 0.3) is 0 Å². The van der Waals surface area contributed by atoms with Gasteiger partial charge in [-0.15, -0.1) is 24.0 Å². The molecule has 0 saturated heterocycles. The predicted molar refractivity (Wildman–Crippen MR) is 100 cm³/mol. The Kier molecular flexibility index (Phi) is 8.52. The van der Waals surface area contributed by atoms with Crippen molar-refractivity contribution in [1.82, 2.24) is 15.6 Å². The van der Waals surface area contributed by atoms with Crippen molar-refractivity contribution in [2.75, 3.05) is 25.5 Å². The highest BCUT2D eigenvalue weighted by Crippen LogP contribution is 2.33. The van der Waals surface area contributed by atoms with Crippen molar-refractivity contribution >= 4 is 35.8 Å². The minimum atomic E-state index is -4.44. The summed E-state index contributed by atoms with van der Waals surface area (Å²) >= 11 is 0. The number of nitrogens with zero attached hydrogens (tertiary/aromatic N) is 2. The van der Waals surface area contributed by atoms with Gasteiger partial charge in [-0.05, 0) is 24.3 Å². The molecule has 0 radical (unpaired) electrons. The Labute approximate surface area is 160 Å². The Morgan fingerprint density at radius 1 is 1.20 bits per heavy atom. The van der Waals surface area contributed by atoms with E-state index in [-0.39, 0.29) is 36.3 Å². The van der Waals surface area contributed by atoms with E-state index in [2.05, 4.69) is 25.9 Å². The second-order valence-electron chi connectivity index (χ2n) is 4.76. The summed E-state index contributed by atoms with van der Waals surface area (Å²) in [4.78, 5) is 7.75. The minimum Gasteiger partial charge on any atom is -0.467 e. The third-order valence-electron chi connectivity index (χ3n) is 3.06.